The standard InChI is InChI=1S/C16H18FN5O3/c1-18-15(24)16-19-13(20-25-16)9-21-6-7-22(14(23)10-21)8-11-4-2-3-5-12(11)17/h2-5H,6-10H2,1H3,(H,18,24). The third kappa shape index (κ3) is 4.00. The summed E-state index contributed by atoms with van der Waals surface area (Å²) in [4.78, 5) is 31.2. The van der Waals surface area contributed by atoms with E-state index >= 15 is 0 Å². The van der Waals surface area contributed by atoms with Gasteiger partial charge in [0.1, 0.15) is 5.82 Å². The Morgan fingerprint density at radius 3 is 2.84 bits per heavy atom. The number of rotatable bonds is 5. The lowest BCUT2D eigenvalue weighted by atomic mass is 10.2. The van der Waals surface area contributed by atoms with E-state index in [1.54, 1.807) is 23.1 Å². The predicted molar refractivity (Wildman–Crippen MR) is 84.8 cm³/mol. The highest BCUT2D eigenvalue weighted by Gasteiger charge is 2.26. The molecule has 0 aliphatic carbocycles. The van der Waals surface area contributed by atoms with Crippen LogP contribution < -0.4 is 5.32 Å². The number of carbonyl (C=O) groups excluding carboxylic acids is 2. The summed E-state index contributed by atoms with van der Waals surface area (Å²) in [7, 11) is 1.47. The van der Waals surface area contributed by atoms with Crippen LogP contribution in [0.1, 0.15) is 22.1 Å². The van der Waals surface area contributed by atoms with E-state index in [9.17, 15) is 14.0 Å². The maximum absolute atomic E-state index is 13.7. The van der Waals surface area contributed by atoms with Crippen LogP contribution in [0.25, 0.3) is 0 Å². The molecule has 25 heavy (non-hydrogen) atoms. The lowest BCUT2D eigenvalue weighted by Crippen LogP contribution is -2.49. The highest BCUT2D eigenvalue weighted by atomic mass is 19.1. The van der Waals surface area contributed by atoms with Crippen LogP contribution in [-0.2, 0) is 17.9 Å². The largest absolute Gasteiger partial charge is 0.351 e. The summed E-state index contributed by atoms with van der Waals surface area (Å²) in [6, 6.07) is 6.43. The Kier molecular flexibility index (Phi) is 5.03. The van der Waals surface area contributed by atoms with Gasteiger partial charge in [-0.3, -0.25) is 14.5 Å². The molecular weight excluding hydrogens is 329 g/mol. The van der Waals surface area contributed by atoms with E-state index in [1.165, 1.54) is 13.1 Å². The molecule has 1 saturated heterocycles. The molecule has 0 bridgehead atoms. The van der Waals surface area contributed by atoms with E-state index < -0.39 is 5.91 Å². The fourth-order valence-corrected chi connectivity index (χ4v) is 2.61. The quantitative estimate of drug-likeness (QED) is 0.842. The minimum atomic E-state index is -0.454. The third-order valence-corrected chi connectivity index (χ3v) is 3.97. The monoisotopic (exact) mass is 347 g/mol. The zero-order valence-corrected chi connectivity index (χ0v) is 13.7. The molecule has 1 N–H and O–H groups in total. The van der Waals surface area contributed by atoms with Crippen molar-refractivity contribution in [1.82, 2.24) is 25.3 Å². The Labute approximate surface area is 143 Å². The molecule has 0 unspecified atom stereocenters. The lowest BCUT2D eigenvalue weighted by molar-refractivity contribution is -0.137. The van der Waals surface area contributed by atoms with Crippen LogP contribution in [0.4, 0.5) is 4.39 Å². The number of amides is 2. The van der Waals surface area contributed by atoms with Crippen molar-refractivity contribution < 1.29 is 18.5 Å². The first-order chi connectivity index (χ1) is 12.1. The Bertz CT molecular complexity index is 779. The van der Waals surface area contributed by atoms with Gasteiger partial charge in [0, 0.05) is 32.2 Å². The van der Waals surface area contributed by atoms with Crippen LogP contribution in [0.5, 0.6) is 0 Å². The van der Waals surface area contributed by atoms with Gasteiger partial charge in [-0.1, -0.05) is 23.4 Å². The molecule has 9 heteroatoms. The van der Waals surface area contributed by atoms with Gasteiger partial charge in [0.2, 0.25) is 5.91 Å². The summed E-state index contributed by atoms with van der Waals surface area (Å²) in [5.74, 6) is -0.628. The van der Waals surface area contributed by atoms with Crippen molar-refractivity contribution in [1.29, 1.82) is 0 Å². The van der Waals surface area contributed by atoms with Crippen LogP contribution in [0.2, 0.25) is 0 Å². The highest BCUT2D eigenvalue weighted by molar-refractivity contribution is 5.89. The molecule has 2 amide bonds. The molecule has 0 spiro atoms. The molecular formula is C16H18FN5O3. The van der Waals surface area contributed by atoms with Crippen LogP contribution in [0.15, 0.2) is 28.8 Å². The SMILES string of the molecule is CNC(=O)c1nc(CN2CCN(Cc3ccccc3F)C(=O)C2)no1. The molecule has 1 fully saturated rings. The number of halogens is 1. The fraction of sp³-hybridized carbons (Fsp3) is 0.375. The second-order valence-electron chi connectivity index (χ2n) is 5.71. The lowest BCUT2D eigenvalue weighted by Gasteiger charge is -2.33. The van der Waals surface area contributed by atoms with Crippen LogP contribution >= 0.6 is 0 Å². The maximum Gasteiger partial charge on any atom is 0.315 e. The molecule has 1 aromatic carbocycles. The average molecular weight is 347 g/mol. The Morgan fingerprint density at radius 2 is 2.12 bits per heavy atom. The molecule has 0 radical (unpaired) electrons. The normalized spacial score (nSPS) is 15.4. The fourth-order valence-electron chi connectivity index (χ4n) is 2.61. The molecule has 8 nitrogen and oxygen atoms in total. The minimum Gasteiger partial charge on any atom is -0.351 e. The number of nitrogens with one attached hydrogen (secondary N) is 1. The van der Waals surface area contributed by atoms with Gasteiger partial charge in [-0.05, 0) is 6.07 Å². The van der Waals surface area contributed by atoms with Gasteiger partial charge in [-0.2, -0.15) is 4.98 Å². The summed E-state index contributed by atoms with van der Waals surface area (Å²) in [6.45, 7) is 1.82. The summed E-state index contributed by atoms with van der Waals surface area (Å²) in [5, 5.41) is 6.14. The zero-order chi connectivity index (χ0) is 17.8. The predicted octanol–water partition coefficient (Wildman–Crippen LogP) is 0.413. The van der Waals surface area contributed by atoms with E-state index in [4.69, 9.17) is 4.52 Å². The van der Waals surface area contributed by atoms with Gasteiger partial charge < -0.3 is 14.7 Å². The van der Waals surface area contributed by atoms with Crippen molar-refractivity contribution in [2.75, 3.05) is 26.7 Å². The summed E-state index contributed by atoms with van der Waals surface area (Å²) in [5.41, 5.74) is 0.498. The molecule has 0 saturated carbocycles. The Balaban J connectivity index is 1.56. The molecule has 2 heterocycles. The molecule has 2 aromatic rings. The number of hydrogen-bond donors (Lipinski definition) is 1. The van der Waals surface area contributed by atoms with E-state index in [1.807, 2.05) is 4.90 Å². The third-order valence-electron chi connectivity index (χ3n) is 3.97. The van der Waals surface area contributed by atoms with E-state index in [2.05, 4.69) is 15.5 Å². The van der Waals surface area contributed by atoms with Crippen molar-refractivity contribution in [2.24, 2.45) is 0 Å². The van der Waals surface area contributed by atoms with Crippen LogP contribution in [0, 0.1) is 5.82 Å². The molecule has 1 aliphatic heterocycles. The van der Waals surface area contributed by atoms with Crippen LogP contribution in [0.3, 0.4) is 0 Å². The number of piperazine rings is 1. The maximum atomic E-state index is 13.7. The van der Waals surface area contributed by atoms with Gasteiger partial charge in [-0.15, -0.1) is 0 Å². The Hall–Kier alpha value is -2.81. The van der Waals surface area contributed by atoms with E-state index in [-0.39, 0.29) is 30.7 Å². The van der Waals surface area contributed by atoms with Crippen molar-refractivity contribution >= 4 is 11.8 Å². The number of carbonyl (C=O) groups is 2. The highest BCUT2D eigenvalue weighted by Crippen LogP contribution is 2.14. The van der Waals surface area contributed by atoms with E-state index in [0.717, 1.165) is 0 Å². The second-order valence-corrected chi connectivity index (χ2v) is 5.71. The number of hydrogen-bond acceptors (Lipinski definition) is 6. The first-order valence-electron chi connectivity index (χ1n) is 7.85. The smallest absolute Gasteiger partial charge is 0.315 e. The van der Waals surface area contributed by atoms with Crippen molar-refractivity contribution in [3.05, 3.63) is 47.4 Å². The minimum absolute atomic E-state index is 0.0930. The molecule has 132 valence electrons. The van der Waals surface area contributed by atoms with Gasteiger partial charge in [0.15, 0.2) is 5.82 Å². The van der Waals surface area contributed by atoms with Gasteiger partial charge in [0.25, 0.3) is 0 Å². The van der Waals surface area contributed by atoms with Gasteiger partial charge in [-0.25, -0.2) is 4.39 Å². The number of aromatic nitrogens is 2. The van der Waals surface area contributed by atoms with Gasteiger partial charge >= 0.3 is 11.8 Å². The van der Waals surface area contributed by atoms with Crippen molar-refractivity contribution in [2.45, 2.75) is 13.1 Å². The van der Waals surface area contributed by atoms with E-state index in [0.29, 0.717) is 31.0 Å². The average Bonchev–Trinajstić information content (AvgIpc) is 3.07. The second kappa shape index (κ2) is 7.39. The molecule has 0 atom stereocenters. The van der Waals surface area contributed by atoms with Crippen molar-refractivity contribution in [3.63, 3.8) is 0 Å². The summed E-state index contributed by atoms with van der Waals surface area (Å²) >= 11 is 0. The molecule has 1 aliphatic rings. The zero-order valence-electron chi connectivity index (χ0n) is 13.7. The summed E-state index contributed by atoms with van der Waals surface area (Å²) < 4.78 is 18.6. The van der Waals surface area contributed by atoms with Crippen molar-refractivity contribution in [3.8, 4) is 0 Å². The first kappa shape index (κ1) is 17.0. The van der Waals surface area contributed by atoms with Crippen LogP contribution in [-0.4, -0.2) is 58.4 Å². The summed E-state index contributed by atoms with van der Waals surface area (Å²) in [6.07, 6.45) is 0. The molecule has 1 aromatic heterocycles. The molecule has 3 rings (SSSR count). The number of benzene rings is 1. The Morgan fingerprint density at radius 1 is 1.32 bits per heavy atom. The number of nitrogens with zero attached hydrogens (tertiary/aromatic N) is 4. The topological polar surface area (TPSA) is 91.6 Å². The first-order valence-corrected chi connectivity index (χ1v) is 7.85. The van der Waals surface area contributed by atoms with Gasteiger partial charge in [0.05, 0.1) is 13.1 Å².